The Bertz CT molecular complexity index is 852. The fourth-order valence-corrected chi connectivity index (χ4v) is 4.95. The zero-order valence-corrected chi connectivity index (χ0v) is 18.5. The van der Waals surface area contributed by atoms with Crippen LogP contribution in [0.25, 0.3) is 0 Å². The van der Waals surface area contributed by atoms with Crippen molar-refractivity contribution in [3.8, 4) is 0 Å². The minimum absolute atomic E-state index is 0.0122. The monoisotopic (exact) mass is 428 g/mol. The van der Waals surface area contributed by atoms with E-state index in [1.54, 1.807) is 17.0 Å². The molecule has 0 unspecified atom stereocenters. The molecule has 1 saturated heterocycles. The number of rotatable bonds is 7. The summed E-state index contributed by atoms with van der Waals surface area (Å²) >= 11 is 0. The first-order valence-corrected chi connectivity index (χ1v) is 11.8. The topological polar surface area (TPSA) is 66.5 Å². The van der Waals surface area contributed by atoms with Crippen molar-refractivity contribution in [3.63, 3.8) is 0 Å². The van der Waals surface area contributed by atoms with Gasteiger partial charge in [0, 0.05) is 30.8 Å². The predicted octanol–water partition coefficient (Wildman–Crippen LogP) is 4.07. The third kappa shape index (κ3) is 4.68. The van der Waals surface area contributed by atoms with Crippen LogP contribution in [0.5, 0.6) is 0 Å². The van der Waals surface area contributed by atoms with Crippen molar-refractivity contribution < 1.29 is 18.8 Å². The number of Topliss-reactive ketones (excluding diaryl/α,β-unsaturated/α-hetero) is 1. The molecule has 2 saturated carbocycles. The Morgan fingerprint density at radius 2 is 1.71 bits per heavy atom. The van der Waals surface area contributed by atoms with Crippen molar-refractivity contribution >= 4 is 17.6 Å². The molecule has 168 valence electrons. The predicted molar refractivity (Wildman–Crippen MR) is 116 cm³/mol. The van der Waals surface area contributed by atoms with Crippen LogP contribution in [0.1, 0.15) is 80.6 Å². The lowest BCUT2D eigenvalue weighted by Crippen LogP contribution is -2.50. The molecule has 0 spiro atoms. The summed E-state index contributed by atoms with van der Waals surface area (Å²) < 4.78 is 15.3. The summed E-state index contributed by atoms with van der Waals surface area (Å²) in [6.07, 6.45) is 7.03. The minimum atomic E-state index is -0.564. The highest BCUT2D eigenvalue weighted by Gasteiger charge is 2.41. The number of nitrogens with zero attached hydrogens (tertiary/aromatic N) is 1. The summed E-state index contributed by atoms with van der Waals surface area (Å²) in [5, 5.41) is 2.88. The molecule has 2 amide bonds. The van der Waals surface area contributed by atoms with Gasteiger partial charge in [0.05, 0.1) is 11.6 Å². The lowest BCUT2D eigenvalue weighted by Gasteiger charge is -2.40. The smallest absolute Gasteiger partial charge is 0.254 e. The van der Waals surface area contributed by atoms with E-state index in [0.29, 0.717) is 18.7 Å². The van der Waals surface area contributed by atoms with E-state index in [2.05, 4.69) is 5.32 Å². The summed E-state index contributed by atoms with van der Waals surface area (Å²) in [7, 11) is 0. The molecular formula is C25H33FN2O3. The van der Waals surface area contributed by atoms with Crippen molar-refractivity contribution in [2.45, 2.75) is 70.8 Å². The summed E-state index contributed by atoms with van der Waals surface area (Å²) in [6.45, 7) is 4.70. The van der Waals surface area contributed by atoms with Gasteiger partial charge in [0.2, 0.25) is 5.91 Å². The number of nitrogens with one attached hydrogen (secondary N) is 1. The van der Waals surface area contributed by atoms with Crippen molar-refractivity contribution in [1.82, 2.24) is 10.2 Å². The second kappa shape index (κ2) is 9.09. The molecule has 31 heavy (non-hydrogen) atoms. The van der Waals surface area contributed by atoms with Crippen LogP contribution in [0, 0.1) is 23.6 Å². The van der Waals surface area contributed by atoms with Crippen LogP contribution in [0.3, 0.4) is 0 Å². The Morgan fingerprint density at radius 1 is 1.03 bits per heavy atom. The van der Waals surface area contributed by atoms with Crippen LogP contribution < -0.4 is 5.32 Å². The van der Waals surface area contributed by atoms with Crippen molar-refractivity contribution in [2.75, 3.05) is 13.1 Å². The fourth-order valence-electron chi connectivity index (χ4n) is 4.95. The van der Waals surface area contributed by atoms with Gasteiger partial charge in [0.15, 0.2) is 5.78 Å². The lowest BCUT2D eigenvalue weighted by atomic mass is 9.80. The molecule has 0 aromatic heterocycles. The van der Waals surface area contributed by atoms with E-state index in [4.69, 9.17) is 0 Å². The van der Waals surface area contributed by atoms with Gasteiger partial charge in [-0.15, -0.1) is 0 Å². The van der Waals surface area contributed by atoms with Gasteiger partial charge in [-0.3, -0.25) is 14.4 Å². The van der Waals surface area contributed by atoms with Crippen LogP contribution in [-0.2, 0) is 9.59 Å². The first-order chi connectivity index (χ1) is 14.9. The summed E-state index contributed by atoms with van der Waals surface area (Å²) in [5.41, 5.74) is 0.471. The molecule has 0 bridgehead atoms. The molecule has 5 nitrogen and oxygen atoms in total. The second-order valence-corrected chi connectivity index (χ2v) is 9.83. The minimum Gasteiger partial charge on any atom is -0.342 e. The van der Waals surface area contributed by atoms with E-state index in [-0.39, 0.29) is 40.9 Å². The number of carbonyl (C=O) groups excluding carboxylic acids is 3. The third-order valence-electron chi connectivity index (χ3n) is 7.12. The first-order valence-electron chi connectivity index (χ1n) is 11.8. The maximum absolute atomic E-state index is 15.3. The average molecular weight is 429 g/mol. The fraction of sp³-hybridized carbons (Fsp3) is 0.640. The van der Waals surface area contributed by atoms with Crippen molar-refractivity contribution in [2.24, 2.45) is 17.8 Å². The van der Waals surface area contributed by atoms with E-state index in [9.17, 15) is 14.4 Å². The highest BCUT2D eigenvalue weighted by atomic mass is 19.1. The molecule has 1 heterocycles. The molecule has 1 aliphatic heterocycles. The molecule has 4 rings (SSSR count). The van der Waals surface area contributed by atoms with Gasteiger partial charge in [0.25, 0.3) is 5.91 Å². The third-order valence-corrected chi connectivity index (χ3v) is 7.12. The lowest BCUT2D eigenvalue weighted by molar-refractivity contribution is -0.137. The van der Waals surface area contributed by atoms with Gasteiger partial charge < -0.3 is 10.2 Å². The SMILES string of the molecule is CC(C)C(=O)[C@H](NC(=O)c1cccc(C2CN(C(=O)C3CC3)C2)c1F)C1CCCCC1. The number of amides is 2. The van der Waals surface area contributed by atoms with E-state index >= 15 is 4.39 Å². The number of benzene rings is 1. The number of halogens is 1. The molecule has 1 aromatic carbocycles. The molecule has 1 N–H and O–H groups in total. The van der Waals surface area contributed by atoms with Gasteiger partial charge in [-0.1, -0.05) is 45.2 Å². The largest absolute Gasteiger partial charge is 0.342 e. The number of hydrogen-bond donors (Lipinski definition) is 1. The molecule has 2 aliphatic carbocycles. The van der Waals surface area contributed by atoms with E-state index in [1.165, 1.54) is 6.07 Å². The highest BCUT2D eigenvalue weighted by Crippen LogP contribution is 2.37. The normalized spacial score (nSPS) is 21.0. The molecule has 1 aromatic rings. The standard InChI is InChI=1S/C25H33FN2O3/c1-15(2)23(29)22(16-7-4-3-5-8-16)27-24(30)20-10-6-9-19(21(20)26)18-13-28(14-18)25(31)17-11-12-17/h6,9-10,15-18,22H,3-5,7-8,11-14H2,1-2H3,(H,27,30)/t22-/m1/s1. The Kier molecular flexibility index (Phi) is 6.44. The van der Waals surface area contributed by atoms with Crippen LogP contribution >= 0.6 is 0 Å². The van der Waals surface area contributed by atoms with Gasteiger partial charge >= 0.3 is 0 Å². The average Bonchev–Trinajstić information content (AvgIpc) is 3.57. The van der Waals surface area contributed by atoms with E-state index < -0.39 is 17.8 Å². The summed E-state index contributed by atoms with van der Waals surface area (Å²) in [5.74, 6) is -0.837. The van der Waals surface area contributed by atoms with E-state index in [0.717, 1.165) is 44.9 Å². The molecular weight excluding hydrogens is 395 g/mol. The number of carbonyl (C=O) groups is 3. The van der Waals surface area contributed by atoms with E-state index in [1.807, 2.05) is 13.8 Å². The van der Waals surface area contributed by atoms with Crippen LogP contribution in [0.2, 0.25) is 0 Å². The van der Waals surface area contributed by atoms with Crippen molar-refractivity contribution in [1.29, 1.82) is 0 Å². The van der Waals surface area contributed by atoms with Crippen LogP contribution in [0.15, 0.2) is 18.2 Å². The zero-order chi connectivity index (χ0) is 22.1. The summed E-state index contributed by atoms with van der Waals surface area (Å²) in [4.78, 5) is 39.8. The highest BCUT2D eigenvalue weighted by molar-refractivity contribution is 5.98. The Balaban J connectivity index is 1.46. The maximum Gasteiger partial charge on any atom is 0.254 e. The number of ketones is 1. The zero-order valence-electron chi connectivity index (χ0n) is 18.5. The number of hydrogen-bond acceptors (Lipinski definition) is 3. The number of likely N-dealkylation sites (tertiary alicyclic amines) is 1. The Morgan fingerprint density at radius 3 is 2.32 bits per heavy atom. The quantitative estimate of drug-likeness (QED) is 0.712. The van der Waals surface area contributed by atoms with Crippen molar-refractivity contribution in [3.05, 3.63) is 35.1 Å². The summed E-state index contributed by atoms with van der Waals surface area (Å²) in [6, 6.07) is 4.32. The molecule has 0 radical (unpaired) electrons. The molecule has 3 aliphatic rings. The van der Waals surface area contributed by atoms with Gasteiger partial charge in [0.1, 0.15) is 5.82 Å². The Labute approximate surface area is 183 Å². The van der Waals surface area contributed by atoms with Gasteiger partial charge in [-0.05, 0) is 43.2 Å². The Hall–Kier alpha value is -2.24. The maximum atomic E-state index is 15.3. The van der Waals surface area contributed by atoms with Crippen LogP contribution in [0.4, 0.5) is 4.39 Å². The van der Waals surface area contributed by atoms with Gasteiger partial charge in [-0.2, -0.15) is 0 Å². The molecule has 1 atom stereocenters. The second-order valence-electron chi connectivity index (χ2n) is 9.83. The van der Waals surface area contributed by atoms with Gasteiger partial charge in [-0.25, -0.2) is 4.39 Å². The molecule has 3 fully saturated rings. The van der Waals surface area contributed by atoms with Crippen LogP contribution in [-0.4, -0.2) is 41.6 Å². The first kappa shape index (κ1) is 22.0. The molecule has 6 heteroatoms.